The van der Waals surface area contributed by atoms with Crippen LogP contribution in [0.1, 0.15) is 49.1 Å². The van der Waals surface area contributed by atoms with E-state index in [4.69, 9.17) is 9.47 Å². The van der Waals surface area contributed by atoms with Gasteiger partial charge in [0.25, 0.3) is 0 Å². The van der Waals surface area contributed by atoms with Gasteiger partial charge in [-0.2, -0.15) is 0 Å². The number of carbonyl (C=O) groups is 3. The zero-order valence-electron chi connectivity index (χ0n) is 20.6. The number of imide groups is 1. The first-order chi connectivity index (χ1) is 17.0. The van der Waals surface area contributed by atoms with Gasteiger partial charge in [-0.3, -0.25) is 19.3 Å². The number of para-hydroxylation sites is 1. The number of methoxy groups -OCH3 is 2. The molecule has 0 aromatic heterocycles. The Morgan fingerprint density at radius 2 is 1.80 bits per heavy atom. The van der Waals surface area contributed by atoms with E-state index < -0.39 is 5.41 Å². The average molecular weight is 479 g/mol. The number of carbonyl (C=O) groups excluding carboxylic acids is 3. The predicted octanol–water partition coefficient (Wildman–Crippen LogP) is 3.52. The van der Waals surface area contributed by atoms with E-state index in [0.717, 1.165) is 12.8 Å². The van der Waals surface area contributed by atoms with Crippen molar-refractivity contribution in [3.63, 3.8) is 0 Å². The molecule has 0 radical (unpaired) electrons. The molecule has 35 heavy (non-hydrogen) atoms. The van der Waals surface area contributed by atoms with Crippen molar-refractivity contribution >= 4 is 17.7 Å². The van der Waals surface area contributed by atoms with Crippen molar-refractivity contribution in [2.75, 3.05) is 40.5 Å². The van der Waals surface area contributed by atoms with Crippen LogP contribution in [0.4, 0.5) is 0 Å². The predicted molar refractivity (Wildman–Crippen MR) is 132 cm³/mol. The van der Waals surface area contributed by atoms with E-state index in [2.05, 4.69) is 12.1 Å². The van der Waals surface area contributed by atoms with Crippen LogP contribution in [-0.4, -0.2) is 68.0 Å². The van der Waals surface area contributed by atoms with Gasteiger partial charge in [-0.05, 0) is 30.9 Å². The topological polar surface area (TPSA) is 76.2 Å². The molecule has 7 heteroatoms. The highest BCUT2D eigenvalue weighted by atomic mass is 16.5. The third kappa shape index (κ3) is 5.10. The number of nitrogens with zero attached hydrogens (tertiary/aromatic N) is 2. The number of hydrogen-bond donors (Lipinski definition) is 0. The number of piperidine rings is 1. The molecular weight excluding hydrogens is 444 g/mol. The number of benzene rings is 2. The van der Waals surface area contributed by atoms with Crippen LogP contribution in [0.25, 0.3) is 0 Å². The molecule has 4 rings (SSSR count). The Morgan fingerprint density at radius 1 is 1.06 bits per heavy atom. The van der Waals surface area contributed by atoms with Gasteiger partial charge >= 0.3 is 0 Å². The Morgan fingerprint density at radius 3 is 2.54 bits per heavy atom. The van der Waals surface area contributed by atoms with Gasteiger partial charge in [-0.1, -0.05) is 48.5 Å². The van der Waals surface area contributed by atoms with E-state index >= 15 is 0 Å². The summed E-state index contributed by atoms with van der Waals surface area (Å²) in [5, 5.41) is 0. The molecule has 2 heterocycles. The standard InChI is InChI=1S/C28H34N2O5/c1-34-17-9-16-30-26(32)19-28(27(30)33,23-13-6-7-14-24(23)35-2)18-25(31)29-15-8-12-22(20-29)21-10-4-3-5-11-21/h3-7,10-11,13-14,22H,8-9,12,15-20H2,1-2H3/t22-,28-/m0/s1. The fraction of sp³-hybridized carbons (Fsp3) is 0.464. The fourth-order valence-corrected chi connectivity index (χ4v) is 5.45. The number of rotatable bonds is 9. The number of ether oxygens (including phenoxy) is 2. The van der Waals surface area contributed by atoms with Crippen LogP contribution < -0.4 is 4.74 Å². The summed E-state index contributed by atoms with van der Waals surface area (Å²) in [6.45, 7) is 2.00. The van der Waals surface area contributed by atoms with Gasteiger partial charge in [-0.25, -0.2) is 0 Å². The van der Waals surface area contributed by atoms with Gasteiger partial charge in [0.1, 0.15) is 5.75 Å². The summed E-state index contributed by atoms with van der Waals surface area (Å²) in [5.41, 5.74) is 0.550. The van der Waals surface area contributed by atoms with E-state index in [9.17, 15) is 14.4 Å². The molecule has 2 aromatic rings. The maximum atomic E-state index is 13.8. The first-order valence-electron chi connectivity index (χ1n) is 12.3. The van der Waals surface area contributed by atoms with Crippen molar-refractivity contribution in [2.45, 2.75) is 43.4 Å². The molecule has 186 valence electrons. The number of likely N-dealkylation sites (tertiary alicyclic amines) is 2. The van der Waals surface area contributed by atoms with Crippen LogP contribution in [0.3, 0.4) is 0 Å². The second-order valence-electron chi connectivity index (χ2n) is 9.42. The van der Waals surface area contributed by atoms with Crippen molar-refractivity contribution in [3.8, 4) is 5.75 Å². The molecule has 0 bridgehead atoms. The monoisotopic (exact) mass is 478 g/mol. The molecule has 3 amide bonds. The maximum Gasteiger partial charge on any atom is 0.241 e. The summed E-state index contributed by atoms with van der Waals surface area (Å²) >= 11 is 0. The Labute approximate surface area is 207 Å². The van der Waals surface area contributed by atoms with Crippen molar-refractivity contribution in [3.05, 3.63) is 65.7 Å². The summed E-state index contributed by atoms with van der Waals surface area (Å²) < 4.78 is 10.7. The summed E-state index contributed by atoms with van der Waals surface area (Å²) in [6.07, 6.45) is 2.38. The first kappa shape index (κ1) is 24.9. The minimum absolute atomic E-state index is 0.0408. The molecule has 2 aliphatic heterocycles. The minimum Gasteiger partial charge on any atom is -0.496 e. The molecule has 2 aliphatic rings. The van der Waals surface area contributed by atoms with Gasteiger partial charge in [-0.15, -0.1) is 0 Å². The zero-order valence-corrected chi connectivity index (χ0v) is 20.6. The first-order valence-corrected chi connectivity index (χ1v) is 12.3. The molecule has 2 fully saturated rings. The smallest absolute Gasteiger partial charge is 0.241 e. The lowest BCUT2D eigenvalue weighted by molar-refractivity contribution is -0.143. The zero-order chi connectivity index (χ0) is 24.8. The lowest BCUT2D eigenvalue weighted by Crippen LogP contribution is -2.46. The van der Waals surface area contributed by atoms with Crippen LogP contribution in [0.15, 0.2) is 54.6 Å². The Bertz CT molecular complexity index is 1060. The highest BCUT2D eigenvalue weighted by Crippen LogP contribution is 2.44. The van der Waals surface area contributed by atoms with Crippen LogP contribution >= 0.6 is 0 Å². The molecule has 2 saturated heterocycles. The van der Waals surface area contributed by atoms with Crippen molar-refractivity contribution < 1.29 is 23.9 Å². The van der Waals surface area contributed by atoms with E-state index in [1.165, 1.54) is 10.5 Å². The minimum atomic E-state index is -1.27. The average Bonchev–Trinajstić information content (AvgIpc) is 3.14. The molecule has 0 aliphatic carbocycles. The molecule has 2 atom stereocenters. The fourth-order valence-electron chi connectivity index (χ4n) is 5.45. The Hall–Kier alpha value is -3.19. The van der Waals surface area contributed by atoms with E-state index in [-0.39, 0.29) is 43.0 Å². The number of hydrogen-bond acceptors (Lipinski definition) is 5. The quantitative estimate of drug-likeness (QED) is 0.407. The molecule has 0 saturated carbocycles. The summed E-state index contributed by atoms with van der Waals surface area (Å²) in [6, 6.07) is 17.5. The second-order valence-corrected chi connectivity index (χ2v) is 9.42. The van der Waals surface area contributed by atoms with Gasteiger partial charge in [0, 0.05) is 57.7 Å². The highest BCUT2D eigenvalue weighted by Gasteiger charge is 2.55. The van der Waals surface area contributed by atoms with Crippen LogP contribution in [0.2, 0.25) is 0 Å². The molecule has 7 nitrogen and oxygen atoms in total. The lowest BCUT2D eigenvalue weighted by Gasteiger charge is -2.36. The SMILES string of the molecule is COCCCN1C(=O)C[C@@](CC(=O)N2CCC[C@H](c3ccccc3)C2)(c2ccccc2OC)C1=O. The summed E-state index contributed by atoms with van der Waals surface area (Å²) in [7, 11) is 3.13. The summed E-state index contributed by atoms with van der Waals surface area (Å²) in [5.74, 6) is 0.0960. The molecule has 2 aromatic carbocycles. The van der Waals surface area contributed by atoms with E-state index in [1.807, 2.05) is 35.2 Å². The van der Waals surface area contributed by atoms with Gasteiger partial charge in [0.2, 0.25) is 17.7 Å². The van der Waals surface area contributed by atoms with E-state index in [0.29, 0.717) is 37.4 Å². The van der Waals surface area contributed by atoms with Crippen molar-refractivity contribution in [1.29, 1.82) is 0 Å². The third-order valence-electron chi connectivity index (χ3n) is 7.26. The van der Waals surface area contributed by atoms with Crippen LogP contribution in [0, 0.1) is 0 Å². The molecule has 0 unspecified atom stereocenters. The maximum absolute atomic E-state index is 13.8. The largest absolute Gasteiger partial charge is 0.496 e. The second kappa shape index (κ2) is 11.0. The Kier molecular flexibility index (Phi) is 7.86. The number of amides is 3. The molecule has 0 spiro atoms. The highest BCUT2D eigenvalue weighted by molar-refractivity contribution is 6.11. The van der Waals surface area contributed by atoms with Crippen molar-refractivity contribution in [2.24, 2.45) is 0 Å². The van der Waals surface area contributed by atoms with Gasteiger partial charge < -0.3 is 14.4 Å². The normalized spacial score (nSPS) is 22.5. The van der Waals surface area contributed by atoms with E-state index in [1.54, 1.807) is 26.4 Å². The molecular formula is C28H34N2O5. The molecule has 0 N–H and O–H groups in total. The van der Waals surface area contributed by atoms with Crippen molar-refractivity contribution in [1.82, 2.24) is 9.80 Å². The van der Waals surface area contributed by atoms with Gasteiger partial charge in [0.05, 0.1) is 12.5 Å². The van der Waals surface area contributed by atoms with Crippen LogP contribution in [0.5, 0.6) is 5.75 Å². The van der Waals surface area contributed by atoms with Crippen LogP contribution in [-0.2, 0) is 24.5 Å². The Balaban J connectivity index is 1.62. The lowest BCUT2D eigenvalue weighted by atomic mass is 9.75. The van der Waals surface area contributed by atoms with Gasteiger partial charge in [0.15, 0.2) is 0 Å². The summed E-state index contributed by atoms with van der Waals surface area (Å²) in [4.78, 5) is 43.8. The third-order valence-corrected chi connectivity index (χ3v) is 7.26.